The van der Waals surface area contributed by atoms with Crippen LogP contribution < -0.4 is 5.32 Å². The Morgan fingerprint density at radius 1 is 1.35 bits per heavy atom. The molecule has 0 saturated heterocycles. The molecule has 0 spiro atoms. The molecule has 1 saturated carbocycles. The Hall–Kier alpha value is -1.64. The minimum absolute atomic E-state index is 0.0671. The Kier molecular flexibility index (Phi) is 3.36. The van der Waals surface area contributed by atoms with Gasteiger partial charge in [0.2, 0.25) is 5.91 Å². The summed E-state index contributed by atoms with van der Waals surface area (Å²) >= 11 is 0. The van der Waals surface area contributed by atoms with E-state index in [0.717, 1.165) is 24.0 Å². The maximum absolute atomic E-state index is 12.1. The molecule has 0 aromatic heterocycles. The molecule has 3 heteroatoms. The summed E-state index contributed by atoms with van der Waals surface area (Å²) in [5, 5.41) is 3.01. The van der Waals surface area contributed by atoms with Crippen molar-refractivity contribution in [3.05, 3.63) is 34.9 Å². The van der Waals surface area contributed by atoms with E-state index < -0.39 is 0 Å². The van der Waals surface area contributed by atoms with Crippen LogP contribution in [-0.4, -0.2) is 17.7 Å². The summed E-state index contributed by atoms with van der Waals surface area (Å²) in [5.74, 6) is 0.764. The molecule has 106 valence electrons. The quantitative estimate of drug-likeness (QED) is 0.914. The van der Waals surface area contributed by atoms with Crippen LogP contribution in [0.2, 0.25) is 0 Å². The van der Waals surface area contributed by atoms with E-state index in [9.17, 15) is 9.59 Å². The van der Waals surface area contributed by atoms with Gasteiger partial charge in [0.25, 0.3) is 0 Å². The van der Waals surface area contributed by atoms with Crippen LogP contribution in [0.3, 0.4) is 0 Å². The zero-order chi connectivity index (χ0) is 14.3. The molecule has 1 fully saturated rings. The summed E-state index contributed by atoms with van der Waals surface area (Å²) in [6.07, 6.45) is 3.12. The lowest BCUT2D eigenvalue weighted by Gasteiger charge is -2.12. The van der Waals surface area contributed by atoms with Crippen LogP contribution in [0, 0.1) is 0 Å². The molecular formula is C17H21NO2. The average Bonchev–Trinajstić information content (AvgIpc) is 3.15. The van der Waals surface area contributed by atoms with E-state index in [1.165, 1.54) is 5.56 Å². The normalized spacial score (nSPS) is 21.1. The van der Waals surface area contributed by atoms with Gasteiger partial charge in [0.15, 0.2) is 5.78 Å². The van der Waals surface area contributed by atoms with Crippen LogP contribution in [0.5, 0.6) is 0 Å². The number of nitrogens with one attached hydrogen (secondary N) is 1. The molecule has 1 aromatic rings. The Morgan fingerprint density at radius 3 is 2.75 bits per heavy atom. The summed E-state index contributed by atoms with van der Waals surface area (Å²) in [6, 6.07) is 6.54. The predicted molar refractivity (Wildman–Crippen MR) is 78.0 cm³/mol. The van der Waals surface area contributed by atoms with Gasteiger partial charge in [0.1, 0.15) is 0 Å². The maximum atomic E-state index is 12.1. The first-order chi connectivity index (χ1) is 9.54. The third-order valence-electron chi connectivity index (χ3n) is 4.29. The van der Waals surface area contributed by atoms with Gasteiger partial charge in [0.05, 0.1) is 0 Å². The van der Waals surface area contributed by atoms with Crippen molar-refractivity contribution in [2.75, 3.05) is 0 Å². The van der Waals surface area contributed by atoms with Crippen molar-refractivity contribution in [2.24, 2.45) is 0 Å². The van der Waals surface area contributed by atoms with E-state index in [0.29, 0.717) is 24.8 Å². The lowest BCUT2D eigenvalue weighted by molar-refractivity contribution is -0.121. The largest absolute Gasteiger partial charge is 0.353 e. The van der Waals surface area contributed by atoms with Gasteiger partial charge in [-0.15, -0.1) is 0 Å². The van der Waals surface area contributed by atoms with Crippen molar-refractivity contribution in [3.63, 3.8) is 0 Å². The first-order valence-electron chi connectivity index (χ1n) is 7.51. The fourth-order valence-electron chi connectivity index (χ4n) is 2.89. The summed E-state index contributed by atoms with van der Waals surface area (Å²) in [6.45, 7) is 4.25. The third kappa shape index (κ3) is 2.62. The standard InChI is InChI=1S/C17H21NO2/c1-10(2)11-3-6-14-12(8-16(19)15(14)7-11)9-17(20)18-13-4-5-13/h3,6-7,10,12-13H,4-5,8-9H2,1-2H3,(H,18,20). The average molecular weight is 271 g/mol. The topological polar surface area (TPSA) is 46.2 Å². The molecule has 0 aliphatic heterocycles. The molecule has 1 atom stereocenters. The number of rotatable bonds is 4. The second-order valence-electron chi connectivity index (χ2n) is 6.37. The van der Waals surface area contributed by atoms with Gasteiger partial charge in [-0.25, -0.2) is 0 Å². The Labute approximate surface area is 119 Å². The summed E-state index contributed by atoms with van der Waals surface area (Å²) < 4.78 is 0. The van der Waals surface area contributed by atoms with E-state index in [1.54, 1.807) is 0 Å². The van der Waals surface area contributed by atoms with Crippen LogP contribution in [0.25, 0.3) is 0 Å². The minimum atomic E-state index is 0.0671. The second kappa shape index (κ2) is 5.04. The minimum Gasteiger partial charge on any atom is -0.353 e. The maximum Gasteiger partial charge on any atom is 0.220 e. The number of hydrogen-bond donors (Lipinski definition) is 1. The number of ketones is 1. The van der Waals surface area contributed by atoms with Gasteiger partial charge >= 0.3 is 0 Å². The van der Waals surface area contributed by atoms with Crippen LogP contribution in [0.1, 0.15) is 72.9 Å². The number of hydrogen-bond acceptors (Lipinski definition) is 2. The molecule has 1 aromatic carbocycles. The fraction of sp³-hybridized carbons (Fsp3) is 0.529. The molecule has 3 rings (SSSR count). The van der Waals surface area contributed by atoms with Crippen molar-refractivity contribution in [2.45, 2.75) is 57.4 Å². The summed E-state index contributed by atoms with van der Waals surface area (Å²) in [4.78, 5) is 24.1. The number of amides is 1. The van der Waals surface area contributed by atoms with E-state index in [-0.39, 0.29) is 17.6 Å². The highest BCUT2D eigenvalue weighted by molar-refractivity contribution is 6.02. The molecule has 2 aliphatic rings. The first-order valence-corrected chi connectivity index (χ1v) is 7.51. The highest BCUT2D eigenvalue weighted by Crippen LogP contribution is 2.37. The summed E-state index contributed by atoms with van der Waals surface area (Å²) in [7, 11) is 0. The fourth-order valence-corrected chi connectivity index (χ4v) is 2.89. The number of fused-ring (bicyclic) bond motifs is 1. The van der Waals surface area contributed by atoms with Crippen LogP contribution in [0.15, 0.2) is 18.2 Å². The Balaban J connectivity index is 1.76. The lowest BCUT2D eigenvalue weighted by atomic mass is 9.94. The number of carbonyl (C=O) groups is 2. The van der Waals surface area contributed by atoms with Gasteiger partial charge < -0.3 is 5.32 Å². The van der Waals surface area contributed by atoms with Crippen LogP contribution >= 0.6 is 0 Å². The third-order valence-corrected chi connectivity index (χ3v) is 4.29. The molecule has 20 heavy (non-hydrogen) atoms. The molecular weight excluding hydrogens is 250 g/mol. The zero-order valence-electron chi connectivity index (χ0n) is 12.1. The van der Waals surface area contributed by atoms with E-state index in [4.69, 9.17) is 0 Å². The van der Waals surface area contributed by atoms with Crippen molar-refractivity contribution in [1.29, 1.82) is 0 Å². The second-order valence-corrected chi connectivity index (χ2v) is 6.37. The Morgan fingerprint density at radius 2 is 2.10 bits per heavy atom. The predicted octanol–water partition coefficient (Wildman–Crippen LogP) is 3.15. The SMILES string of the molecule is CC(C)c1ccc2c(c1)C(=O)CC2CC(=O)NC1CC1. The number of benzene rings is 1. The lowest BCUT2D eigenvalue weighted by Crippen LogP contribution is -2.26. The van der Waals surface area contributed by atoms with Crippen LogP contribution in [0.4, 0.5) is 0 Å². The summed E-state index contributed by atoms with van der Waals surface area (Å²) in [5.41, 5.74) is 3.09. The van der Waals surface area contributed by atoms with E-state index >= 15 is 0 Å². The Bertz CT molecular complexity index is 558. The van der Waals surface area contributed by atoms with E-state index in [1.807, 2.05) is 12.1 Å². The van der Waals surface area contributed by atoms with Crippen molar-refractivity contribution in [1.82, 2.24) is 5.32 Å². The molecule has 0 heterocycles. The van der Waals surface area contributed by atoms with Crippen molar-refractivity contribution < 1.29 is 9.59 Å². The highest BCUT2D eigenvalue weighted by Gasteiger charge is 2.32. The number of carbonyl (C=O) groups excluding carboxylic acids is 2. The molecule has 0 radical (unpaired) electrons. The first kappa shape index (κ1) is 13.3. The van der Waals surface area contributed by atoms with Crippen molar-refractivity contribution >= 4 is 11.7 Å². The molecule has 2 aliphatic carbocycles. The van der Waals surface area contributed by atoms with Gasteiger partial charge in [-0.3, -0.25) is 9.59 Å². The molecule has 1 unspecified atom stereocenters. The smallest absolute Gasteiger partial charge is 0.220 e. The van der Waals surface area contributed by atoms with Gasteiger partial charge in [0, 0.05) is 30.4 Å². The van der Waals surface area contributed by atoms with Gasteiger partial charge in [-0.1, -0.05) is 26.0 Å². The molecule has 1 amide bonds. The molecule has 3 nitrogen and oxygen atoms in total. The van der Waals surface area contributed by atoms with Gasteiger partial charge in [-0.05, 0) is 36.0 Å². The van der Waals surface area contributed by atoms with Crippen LogP contribution in [-0.2, 0) is 4.79 Å². The van der Waals surface area contributed by atoms with Crippen molar-refractivity contribution in [3.8, 4) is 0 Å². The molecule has 1 N–H and O–H groups in total. The van der Waals surface area contributed by atoms with Gasteiger partial charge in [-0.2, -0.15) is 0 Å². The van der Waals surface area contributed by atoms with E-state index in [2.05, 4.69) is 25.2 Å². The molecule has 0 bridgehead atoms. The number of Topliss-reactive ketones (excluding diaryl/α,β-unsaturated/α-hetero) is 1. The zero-order valence-corrected chi connectivity index (χ0v) is 12.1. The monoisotopic (exact) mass is 271 g/mol. The highest BCUT2D eigenvalue weighted by atomic mass is 16.1.